The minimum Gasteiger partial charge on any atom is -0.475 e. The van der Waals surface area contributed by atoms with Crippen molar-refractivity contribution in [3.05, 3.63) is 22.6 Å². The highest BCUT2D eigenvalue weighted by molar-refractivity contribution is 8.00. The van der Waals surface area contributed by atoms with E-state index in [2.05, 4.69) is 21.4 Å². The van der Waals surface area contributed by atoms with Gasteiger partial charge in [-0.2, -0.15) is 16.9 Å². The molecule has 1 aliphatic carbocycles. The SMILES string of the molecule is CSC1(COc2nccc3c4[nH]nc(N)c4c(=O)n(C)c23)CC1. The van der Waals surface area contributed by atoms with Crippen molar-refractivity contribution in [2.75, 3.05) is 18.6 Å². The third-order valence-electron chi connectivity index (χ3n) is 4.52. The van der Waals surface area contributed by atoms with Crippen LogP contribution in [-0.2, 0) is 7.05 Å². The van der Waals surface area contributed by atoms with Crippen LogP contribution in [0.3, 0.4) is 0 Å². The van der Waals surface area contributed by atoms with Gasteiger partial charge in [0.1, 0.15) is 17.5 Å². The Balaban J connectivity index is 1.91. The van der Waals surface area contributed by atoms with Crippen LogP contribution in [0.5, 0.6) is 5.88 Å². The summed E-state index contributed by atoms with van der Waals surface area (Å²) in [5, 5.41) is 8.03. The van der Waals surface area contributed by atoms with Gasteiger partial charge in [0, 0.05) is 23.4 Å². The number of hydrogen-bond acceptors (Lipinski definition) is 6. The molecule has 0 unspecified atom stereocenters. The van der Waals surface area contributed by atoms with E-state index in [-0.39, 0.29) is 16.1 Å². The minimum absolute atomic E-state index is 0.200. The van der Waals surface area contributed by atoms with Crippen LogP contribution in [0.2, 0.25) is 0 Å². The molecule has 0 bridgehead atoms. The van der Waals surface area contributed by atoms with E-state index in [1.54, 1.807) is 13.2 Å². The molecule has 0 atom stereocenters. The Kier molecular flexibility index (Phi) is 3.06. The van der Waals surface area contributed by atoms with Crippen LogP contribution in [-0.4, -0.2) is 37.4 Å². The molecule has 0 spiro atoms. The number of nitrogens with two attached hydrogens (primary N) is 1. The van der Waals surface area contributed by atoms with Gasteiger partial charge >= 0.3 is 0 Å². The van der Waals surface area contributed by atoms with Crippen LogP contribution in [0.25, 0.3) is 21.8 Å². The van der Waals surface area contributed by atoms with Crippen molar-refractivity contribution in [2.24, 2.45) is 7.05 Å². The largest absolute Gasteiger partial charge is 0.475 e. The van der Waals surface area contributed by atoms with Gasteiger partial charge in [-0.3, -0.25) is 9.89 Å². The molecule has 4 rings (SSSR count). The number of hydrogen-bond donors (Lipinski definition) is 2. The van der Waals surface area contributed by atoms with E-state index in [9.17, 15) is 4.79 Å². The van der Waals surface area contributed by atoms with Crippen LogP contribution >= 0.6 is 11.8 Å². The molecule has 0 aliphatic heterocycles. The number of H-pyrrole nitrogens is 1. The molecule has 1 aliphatic rings. The number of nitrogens with zero attached hydrogens (tertiary/aromatic N) is 3. The normalized spacial score (nSPS) is 16.1. The molecule has 3 aromatic rings. The highest BCUT2D eigenvalue weighted by Gasteiger charge is 2.43. The lowest BCUT2D eigenvalue weighted by Gasteiger charge is -2.15. The third-order valence-corrected chi connectivity index (χ3v) is 5.91. The number of rotatable bonds is 4. The average Bonchev–Trinajstić information content (AvgIpc) is 3.25. The Morgan fingerprint density at radius 1 is 1.52 bits per heavy atom. The van der Waals surface area contributed by atoms with Gasteiger partial charge in [-0.05, 0) is 25.2 Å². The quantitative estimate of drug-likeness (QED) is 0.754. The molecule has 120 valence electrons. The summed E-state index contributed by atoms with van der Waals surface area (Å²) in [5.41, 5.74) is 6.89. The summed E-state index contributed by atoms with van der Waals surface area (Å²) < 4.78 is 7.70. The molecule has 3 aromatic heterocycles. The first-order valence-corrected chi connectivity index (χ1v) is 8.58. The summed E-state index contributed by atoms with van der Waals surface area (Å²) in [6, 6.07) is 1.84. The number of aryl methyl sites for hydroxylation is 1. The topological polar surface area (TPSA) is 98.8 Å². The molecule has 0 aromatic carbocycles. The van der Waals surface area contributed by atoms with E-state index >= 15 is 0 Å². The summed E-state index contributed by atoms with van der Waals surface area (Å²) in [6.45, 7) is 0.595. The first-order chi connectivity index (χ1) is 11.1. The predicted octanol–water partition coefficient (Wildman–Crippen LogP) is 1.67. The van der Waals surface area contributed by atoms with Crippen molar-refractivity contribution in [1.29, 1.82) is 0 Å². The monoisotopic (exact) mass is 331 g/mol. The highest BCUT2D eigenvalue weighted by atomic mass is 32.2. The maximum absolute atomic E-state index is 12.6. The maximum Gasteiger partial charge on any atom is 0.264 e. The summed E-state index contributed by atoms with van der Waals surface area (Å²) in [6.07, 6.45) is 6.08. The summed E-state index contributed by atoms with van der Waals surface area (Å²) in [5.74, 6) is 0.679. The molecular formula is C15H17N5O2S. The van der Waals surface area contributed by atoms with Crippen molar-refractivity contribution in [1.82, 2.24) is 19.7 Å². The van der Waals surface area contributed by atoms with Gasteiger partial charge in [0.15, 0.2) is 5.82 Å². The fourth-order valence-corrected chi connectivity index (χ4v) is 3.54. The fraction of sp³-hybridized carbons (Fsp3) is 0.400. The smallest absolute Gasteiger partial charge is 0.264 e. The van der Waals surface area contributed by atoms with Crippen LogP contribution in [0.15, 0.2) is 17.1 Å². The van der Waals surface area contributed by atoms with Gasteiger partial charge in [-0.15, -0.1) is 0 Å². The zero-order valence-corrected chi connectivity index (χ0v) is 13.7. The first kappa shape index (κ1) is 14.4. The van der Waals surface area contributed by atoms with E-state index < -0.39 is 0 Å². The molecule has 8 heteroatoms. The Labute approximate surface area is 136 Å². The summed E-state index contributed by atoms with van der Waals surface area (Å²) in [4.78, 5) is 16.9. The van der Waals surface area contributed by atoms with E-state index in [1.165, 1.54) is 4.57 Å². The molecule has 3 N–H and O–H groups in total. The lowest BCUT2D eigenvalue weighted by Crippen LogP contribution is -2.20. The second kappa shape index (κ2) is 4.89. The van der Waals surface area contributed by atoms with E-state index in [1.807, 2.05) is 17.8 Å². The molecule has 0 amide bonds. The molecule has 1 saturated carbocycles. The standard InChI is InChI=1S/C15H17N5O2S/c1-20-11-8(10-9(14(20)21)12(16)19-18-10)3-6-17-13(11)22-7-15(23-2)4-5-15/h3,6H,4-5,7H2,1-2H3,(H3,16,18,19). The van der Waals surface area contributed by atoms with Crippen molar-refractivity contribution >= 4 is 39.4 Å². The summed E-state index contributed by atoms with van der Waals surface area (Å²) in [7, 11) is 1.70. The van der Waals surface area contributed by atoms with Gasteiger partial charge < -0.3 is 15.0 Å². The Morgan fingerprint density at radius 3 is 3.00 bits per heavy atom. The Hall–Kier alpha value is -2.22. The van der Waals surface area contributed by atoms with Gasteiger partial charge in [0.25, 0.3) is 5.56 Å². The third kappa shape index (κ3) is 2.08. The van der Waals surface area contributed by atoms with Gasteiger partial charge in [-0.1, -0.05) is 0 Å². The number of nitrogens with one attached hydrogen (secondary N) is 1. The molecule has 3 heterocycles. The number of anilines is 1. The van der Waals surface area contributed by atoms with Gasteiger partial charge in [0.05, 0.1) is 5.52 Å². The van der Waals surface area contributed by atoms with E-state index in [0.717, 1.165) is 18.2 Å². The Morgan fingerprint density at radius 2 is 2.30 bits per heavy atom. The molecule has 0 saturated heterocycles. The summed E-state index contributed by atoms with van der Waals surface area (Å²) >= 11 is 1.82. The van der Waals surface area contributed by atoms with Crippen LogP contribution in [0.4, 0.5) is 5.82 Å². The van der Waals surface area contributed by atoms with Crippen LogP contribution in [0.1, 0.15) is 12.8 Å². The highest BCUT2D eigenvalue weighted by Crippen LogP contribution is 2.47. The first-order valence-electron chi connectivity index (χ1n) is 7.35. The number of aromatic nitrogens is 4. The minimum atomic E-state index is -0.206. The number of fused-ring (bicyclic) bond motifs is 3. The molecule has 23 heavy (non-hydrogen) atoms. The molecule has 0 radical (unpaired) electrons. The van der Waals surface area contributed by atoms with Crippen molar-refractivity contribution < 1.29 is 4.74 Å². The van der Waals surface area contributed by atoms with Crippen LogP contribution in [0, 0.1) is 0 Å². The fourth-order valence-electron chi connectivity index (χ4n) is 2.85. The van der Waals surface area contributed by atoms with Crippen molar-refractivity contribution in [3.63, 3.8) is 0 Å². The number of aromatic amines is 1. The lowest BCUT2D eigenvalue weighted by molar-refractivity contribution is 0.302. The molecule has 7 nitrogen and oxygen atoms in total. The van der Waals surface area contributed by atoms with Gasteiger partial charge in [0.2, 0.25) is 5.88 Å². The molecular weight excluding hydrogens is 314 g/mol. The second-order valence-electron chi connectivity index (χ2n) is 5.91. The zero-order valence-electron chi connectivity index (χ0n) is 12.9. The van der Waals surface area contributed by atoms with Crippen molar-refractivity contribution in [2.45, 2.75) is 17.6 Å². The predicted molar refractivity (Wildman–Crippen MR) is 92.0 cm³/mol. The van der Waals surface area contributed by atoms with Gasteiger partial charge in [-0.25, -0.2) is 4.98 Å². The lowest BCUT2D eigenvalue weighted by atomic mass is 10.2. The Bertz CT molecular complexity index is 973. The number of ether oxygens (including phenoxy) is 1. The second-order valence-corrected chi connectivity index (χ2v) is 7.19. The average molecular weight is 331 g/mol. The van der Waals surface area contributed by atoms with Crippen LogP contribution < -0.4 is 16.0 Å². The van der Waals surface area contributed by atoms with E-state index in [0.29, 0.717) is 28.9 Å². The number of thioether (sulfide) groups is 1. The maximum atomic E-state index is 12.6. The number of nitrogen functional groups attached to an aromatic ring is 1. The number of pyridine rings is 2. The zero-order chi connectivity index (χ0) is 16.2. The van der Waals surface area contributed by atoms with E-state index in [4.69, 9.17) is 10.5 Å². The molecule has 1 fully saturated rings. The van der Waals surface area contributed by atoms with Crippen molar-refractivity contribution in [3.8, 4) is 5.88 Å².